The lowest BCUT2D eigenvalue weighted by Crippen LogP contribution is -2.68. The van der Waals surface area contributed by atoms with Gasteiger partial charge >= 0.3 is 0 Å². The van der Waals surface area contributed by atoms with Crippen molar-refractivity contribution >= 4 is 0 Å². The highest BCUT2D eigenvalue weighted by Crippen LogP contribution is 2.16. The van der Waals surface area contributed by atoms with Gasteiger partial charge in [0.15, 0.2) is 0 Å². The first-order chi connectivity index (χ1) is 6.89. The zero-order valence-corrected chi connectivity index (χ0v) is 9.27. The second-order valence-electron chi connectivity index (χ2n) is 4.10. The number of rotatable bonds is 7. The molecule has 6 nitrogen and oxygen atoms in total. The molecule has 2 atom stereocenters. The van der Waals surface area contributed by atoms with E-state index in [9.17, 15) is 15.3 Å². The summed E-state index contributed by atoms with van der Waals surface area (Å²) < 4.78 is 0. The molecule has 0 aliphatic carbocycles. The molecule has 0 bridgehead atoms. The topological polar surface area (TPSA) is 119 Å². The molecule has 0 heterocycles. The smallest absolute Gasteiger partial charge is 0.122 e. The van der Waals surface area contributed by atoms with Crippen LogP contribution in [0.3, 0.4) is 0 Å². The fourth-order valence-corrected chi connectivity index (χ4v) is 1.25. The molecule has 0 amide bonds. The van der Waals surface area contributed by atoms with Crippen LogP contribution in [0.25, 0.3) is 0 Å². The van der Waals surface area contributed by atoms with Crippen LogP contribution in [-0.2, 0) is 0 Å². The van der Waals surface area contributed by atoms with Gasteiger partial charge in [0.05, 0.1) is 30.9 Å². The highest BCUT2D eigenvalue weighted by atomic mass is 16.3. The molecular formula is C9H22N2O4. The molecule has 0 radical (unpaired) electrons. The fraction of sp³-hybridized carbons (Fsp3) is 1.00. The molecule has 15 heavy (non-hydrogen) atoms. The van der Waals surface area contributed by atoms with Gasteiger partial charge in [0.1, 0.15) is 6.23 Å². The highest BCUT2D eigenvalue weighted by Gasteiger charge is 2.38. The summed E-state index contributed by atoms with van der Waals surface area (Å²) in [4.78, 5) is 0. The van der Waals surface area contributed by atoms with Crippen LogP contribution in [0.4, 0.5) is 0 Å². The number of nitrogens with one attached hydrogen (secondary N) is 1. The van der Waals surface area contributed by atoms with Gasteiger partial charge in [-0.25, -0.2) is 0 Å². The summed E-state index contributed by atoms with van der Waals surface area (Å²) in [6.07, 6.45) is -0.839. The Labute approximate surface area is 89.7 Å². The minimum atomic E-state index is -1.29. The van der Waals surface area contributed by atoms with Gasteiger partial charge in [-0.15, -0.1) is 0 Å². The SMILES string of the molecule is CCC(CO)(CO)NC(C)(CO)C(N)O. The minimum Gasteiger partial charge on any atom is -0.394 e. The van der Waals surface area contributed by atoms with E-state index in [1.165, 1.54) is 6.92 Å². The van der Waals surface area contributed by atoms with Gasteiger partial charge in [-0.3, -0.25) is 5.32 Å². The van der Waals surface area contributed by atoms with Gasteiger partial charge in [-0.1, -0.05) is 6.92 Å². The highest BCUT2D eigenvalue weighted by molar-refractivity contribution is 4.97. The summed E-state index contributed by atoms with van der Waals surface area (Å²) in [7, 11) is 0. The normalized spacial score (nSPS) is 18.6. The third-order valence-electron chi connectivity index (χ3n) is 2.81. The van der Waals surface area contributed by atoms with Crippen molar-refractivity contribution in [2.75, 3.05) is 19.8 Å². The van der Waals surface area contributed by atoms with Crippen molar-refractivity contribution in [1.29, 1.82) is 0 Å². The lowest BCUT2D eigenvalue weighted by molar-refractivity contribution is -0.0167. The first kappa shape index (κ1) is 14.8. The number of hydrogen-bond acceptors (Lipinski definition) is 6. The van der Waals surface area contributed by atoms with Crippen LogP contribution < -0.4 is 11.1 Å². The molecule has 0 aromatic rings. The van der Waals surface area contributed by atoms with Crippen LogP contribution in [0, 0.1) is 0 Å². The predicted molar refractivity (Wildman–Crippen MR) is 56.0 cm³/mol. The van der Waals surface area contributed by atoms with Gasteiger partial charge in [-0.2, -0.15) is 0 Å². The zero-order valence-electron chi connectivity index (χ0n) is 9.27. The number of aliphatic hydroxyl groups is 4. The van der Waals surface area contributed by atoms with E-state index in [4.69, 9.17) is 10.8 Å². The van der Waals surface area contributed by atoms with Crippen molar-refractivity contribution in [3.05, 3.63) is 0 Å². The third kappa shape index (κ3) is 3.37. The average molecular weight is 222 g/mol. The Morgan fingerprint density at radius 1 is 1.20 bits per heavy atom. The van der Waals surface area contributed by atoms with Crippen molar-refractivity contribution in [3.63, 3.8) is 0 Å². The van der Waals surface area contributed by atoms with Gasteiger partial charge < -0.3 is 26.2 Å². The average Bonchev–Trinajstić information content (AvgIpc) is 2.25. The minimum absolute atomic E-state index is 0.303. The molecule has 0 aliphatic rings. The summed E-state index contributed by atoms with van der Waals surface area (Å²) in [5.74, 6) is 0. The fourth-order valence-electron chi connectivity index (χ4n) is 1.25. The molecule has 2 unspecified atom stereocenters. The van der Waals surface area contributed by atoms with Crippen LogP contribution in [0.15, 0.2) is 0 Å². The van der Waals surface area contributed by atoms with Gasteiger partial charge in [-0.05, 0) is 13.3 Å². The summed E-state index contributed by atoms with van der Waals surface area (Å²) in [5, 5.41) is 39.7. The van der Waals surface area contributed by atoms with Crippen LogP contribution in [-0.4, -0.2) is 57.6 Å². The van der Waals surface area contributed by atoms with Crippen molar-refractivity contribution in [2.45, 2.75) is 37.6 Å². The van der Waals surface area contributed by atoms with Gasteiger partial charge in [0.25, 0.3) is 0 Å². The monoisotopic (exact) mass is 222 g/mol. The molecule has 0 saturated carbocycles. The van der Waals surface area contributed by atoms with Crippen LogP contribution in [0.5, 0.6) is 0 Å². The molecule has 0 aromatic carbocycles. The Balaban J connectivity index is 4.77. The predicted octanol–water partition coefficient (Wildman–Crippen LogP) is -2.26. The van der Waals surface area contributed by atoms with Crippen molar-refractivity contribution in [1.82, 2.24) is 5.32 Å². The first-order valence-electron chi connectivity index (χ1n) is 4.95. The van der Waals surface area contributed by atoms with E-state index < -0.39 is 23.9 Å². The first-order valence-corrected chi connectivity index (χ1v) is 4.95. The standard InChI is InChI=1S/C9H22N2O4/c1-3-9(5-13,6-14)11-8(2,4-12)7(10)15/h7,11-15H,3-6,10H2,1-2H3. The van der Waals surface area contributed by atoms with E-state index in [1.54, 1.807) is 6.92 Å². The van der Waals surface area contributed by atoms with E-state index >= 15 is 0 Å². The maximum atomic E-state index is 9.31. The molecule has 7 N–H and O–H groups in total. The summed E-state index contributed by atoms with van der Waals surface area (Å²) in [5.41, 5.74) is 3.22. The second-order valence-corrected chi connectivity index (χ2v) is 4.10. The Morgan fingerprint density at radius 3 is 1.87 bits per heavy atom. The van der Waals surface area contributed by atoms with Crippen molar-refractivity contribution in [3.8, 4) is 0 Å². The molecule has 0 aliphatic heterocycles. The van der Waals surface area contributed by atoms with Crippen molar-refractivity contribution in [2.24, 2.45) is 5.73 Å². The number of nitrogens with two attached hydrogens (primary N) is 1. The molecule has 0 saturated heterocycles. The van der Waals surface area contributed by atoms with Crippen LogP contribution in [0.2, 0.25) is 0 Å². The van der Waals surface area contributed by atoms with Gasteiger partial charge in [0.2, 0.25) is 0 Å². The van der Waals surface area contributed by atoms with Crippen LogP contribution >= 0.6 is 0 Å². The molecule has 6 heteroatoms. The summed E-state index contributed by atoms with van der Waals surface area (Å²) in [6.45, 7) is 2.30. The van der Waals surface area contributed by atoms with Crippen molar-refractivity contribution < 1.29 is 20.4 Å². The molecule has 0 aromatic heterocycles. The lowest BCUT2D eigenvalue weighted by Gasteiger charge is -2.41. The maximum absolute atomic E-state index is 9.31. The number of aliphatic hydroxyl groups excluding tert-OH is 4. The Hall–Kier alpha value is -0.240. The Bertz CT molecular complexity index is 170. The van der Waals surface area contributed by atoms with E-state index in [1.807, 2.05) is 0 Å². The Kier molecular flexibility index (Phi) is 5.65. The molecule has 0 spiro atoms. The maximum Gasteiger partial charge on any atom is 0.122 e. The van der Waals surface area contributed by atoms with E-state index in [0.29, 0.717) is 6.42 Å². The third-order valence-corrected chi connectivity index (χ3v) is 2.81. The second kappa shape index (κ2) is 5.74. The molecule has 92 valence electrons. The summed E-state index contributed by atoms with van der Waals surface area (Å²) >= 11 is 0. The van der Waals surface area contributed by atoms with E-state index in [2.05, 4.69) is 5.32 Å². The zero-order chi connectivity index (χ0) is 12.1. The van der Waals surface area contributed by atoms with Crippen LogP contribution in [0.1, 0.15) is 20.3 Å². The number of hydrogen-bond donors (Lipinski definition) is 6. The van der Waals surface area contributed by atoms with Gasteiger partial charge in [0, 0.05) is 0 Å². The quantitative estimate of drug-likeness (QED) is 0.271. The molecule has 0 fully saturated rings. The summed E-state index contributed by atoms with van der Waals surface area (Å²) in [6, 6.07) is 0. The van der Waals surface area contributed by atoms with E-state index in [-0.39, 0.29) is 13.2 Å². The lowest BCUT2D eigenvalue weighted by atomic mass is 9.91. The molecule has 0 rings (SSSR count). The Morgan fingerprint density at radius 2 is 1.67 bits per heavy atom. The largest absolute Gasteiger partial charge is 0.394 e. The molecular weight excluding hydrogens is 200 g/mol. The van der Waals surface area contributed by atoms with E-state index in [0.717, 1.165) is 0 Å².